The molecule has 5 heteroatoms. The molecular formula is C28H30N2O3. The maximum atomic E-state index is 12.7. The third kappa shape index (κ3) is 5.55. The number of hydrogen-bond acceptors (Lipinski definition) is 3. The summed E-state index contributed by atoms with van der Waals surface area (Å²) in [6.45, 7) is 3.57. The first kappa shape index (κ1) is 22.5. The Morgan fingerprint density at radius 1 is 0.939 bits per heavy atom. The SMILES string of the molecule is CCC(=O)N(CCc1c[nH]c2ccccc12)Cc1ccc(OCc2ccccc2)c(OC)c1. The summed E-state index contributed by atoms with van der Waals surface area (Å²) in [4.78, 5) is 17.9. The van der Waals surface area contributed by atoms with Crippen molar-refractivity contribution in [2.24, 2.45) is 0 Å². The minimum atomic E-state index is 0.137. The second-order valence-electron chi connectivity index (χ2n) is 8.04. The van der Waals surface area contributed by atoms with Gasteiger partial charge in [0.25, 0.3) is 0 Å². The van der Waals surface area contributed by atoms with Crippen molar-refractivity contribution in [2.45, 2.75) is 32.9 Å². The normalized spacial score (nSPS) is 10.8. The van der Waals surface area contributed by atoms with Gasteiger partial charge in [-0.3, -0.25) is 4.79 Å². The van der Waals surface area contributed by atoms with Crippen LogP contribution in [0.3, 0.4) is 0 Å². The number of ether oxygens (including phenoxy) is 2. The summed E-state index contributed by atoms with van der Waals surface area (Å²) < 4.78 is 11.5. The van der Waals surface area contributed by atoms with Gasteiger partial charge in [0.2, 0.25) is 5.91 Å². The van der Waals surface area contributed by atoms with Crippen LogP contribution in [0.15, 0.2) is 79.0 Å². The zero-order chi connectivity index (χ0) is 23.0. The number of carbonyl (C=O) groups is 1. The van der Waals surface area contributed by atoms with E-state index in [0.717, 1.165) is 23.1 Å². The molecule has 1 N–H and O–H groups in total. The van der Waals surface area contributed by atoms with Gasteiger partial charge in [-0.1, -0.05) is 61.5 Å². The number of amides is 1. The van der Waals surface area contributed by atoms with Gasteiger partial charge in [0, 0.05) is 36.6 Å². The number of rotatable bonds is 10. The summed E-state index contributed by atoms with van der Waals surface area (Å²) in [7, 11) is 1.64. The lowest BCUT2D eigenvalue weighted by molar-refractivity contribution is -0.131. The Balaban J connectivity index is 1.45. The average Bonchev–Trinajstić information content (AvgIpc) is 3.28. The highest BCUT2D eigenvalue weighted by atomic mass is 16.5. The average molecular weight is 443 g/mol. The number of nitrogens with one attached hydrogen (secondary N) is 1. The third-order valence-corrected chi connectivity index (χ3v) is 5.82. The van der Waals surface area contributed by atoms with E-state index in [0.29, 0.717) is 37.6 Å². The number of aromatic nitrogens is 1. The first-order chi connectivity index (χ1) is 16.2. The molecule has 0 saturated carbocycles. The molecule has 1 aromatic heterocycles. The van der Waals surface area contributed by atoms with Crippen LogP contribution in [0.4, 0.5) is 0 Å². The number of nitrogens with zero attached hydrogens (tertiary/aromatic N) is 1. The van der Waals surface area contributed by atoms with Crippen LogP contribution in [0, 0.1) is 0 Å². The lowest BCUT2D eigenvalue weighted by atomic mass is 10.1. The van der Waals surface area contributed by atoms with E-state index in [1.165, 1.54) is 10.9 Å². The molecule has 3 aromatic carbocycles. The van der Waals surface area contributed by atoms with Crippen molar-refractivity contribution in [2.75, 3.05) is 13.7 Å². The van der Waals surface area contributed by atoms with Crippen LogP contribution in [-0.2, 0) is 24.4 Å². The van der Waals surface area contributed by atoms with Crippen molar-refractivity contribution in [3.8, 4) is 11.5 Å². The Labute approximate surface area is 195 Å². The molecule has 0 unspecified atom stereocenters. The zero-order valence-electron chi connectivity index (χ0n) is 19.2. The fourth-order valence-electron chi connectivity index (χ4n) is 3.99. The Morgan fingerprint density at radius 3 is 2.52 bits per heavy atom. The van der Waals surface area contributed by atoms with Crippen LogP contribution in [0.2, 0.25) is 0 Å². The first-order valence-corrected chi connectivity index (χ1v) is 11.3. The minimum Gasteiger partial charge on any atom is -0.493 e. The van der Waals surface area contributed by atoms with E-state index in [1.54, 1.807) is 7.11 Å². The van der Waals surface area contributed by atoms with E-state index in [9.17, 15) is 4.79 Å². The second-order valence-corrected chi connectivity index (χ2v) is 8.04. The minimum absolute atomic E-state index is 0.137. The summed E-state index contributed by atoms with van der Waals surface area (Å²) in [5.41, 5.74) is 4.46. The monoisotopic (exact) mass is 442 g/mol. The zero-order valence-corrected chi connectivity index (χ0v) is 19.2. The number of benzene rings is 3. The predicted molar refractivity (Wildman–Crippen MR) is 131 cm³/mol. The summed E-state index contributed by atoms with van der Waals surface area (Å²) in [6.07, 6.45) is 3.32. The van der Waals surface area contributed by atoms with E-state index in [-0.39, 0.29) is 5.91 Å². The predicted octanol–water partition coefficient (Wildman–Crippen LogP) is 5.74. The van der Waals surface area contributed by atoms with Crippen LogP contribution < -0.4 is 9.47 Å². The van der Waals surface area contributed by atoms with Gasteiger partial charge < -0.3 is 19.4 Å². The van der Waals surface area contributed by atoms with Crippen molar-refractivity contribution in [3.05, 3.63) is 95.7 Å². The quantitative estimate of drug-likeness (QED) is 0.341. The highest BCUT2D eigenvalue weighted by Crippen LogP contribution is 2.29. The van der Waals surface area contributed by atoms with Crippen molar-refractivity contribution in [3.63, 3.8) is 0 Å². The van der Waals surface area contributed by atoms with Gasteiger partial charge in [0.1, 0.15) is 6.61 Å². The van der Waals surface area contributed by atoms with Crippen LogP contribution in [0.5, 0.6) is 11.5 Å². The largest absolute Gasteiger partial charge is 0.493 e. The molecule has 1 amide bonds. The van der Waals surface area contributed by atoms with Crippen molar-refractivity contribution in [1.82, 2.24) is 9.88 Å². The Bertz CT molecular complexity index is 1200. The molecule has 0 bridgehead atoms. The maximum Gasteiger partial charge on any atom is 0.222 e. The lowest BCUT2D eigenvalue weighted by Gasteiger charge is -2.23. The molecular weight excluding hydrogens is 412 g/mol. The fraction of sp³-hybridized carbons (Fsp3) is 0.250. The fourth-order valence-corrected chi connectivity index (χ4v) is 3.99. The van der Waals surface area contributed by atoms with Crippen LogP contribution in [-0.4, -0.2) is 29.4 Å². The number of H-pyrrole nitrogens is 1. The molecule has 4 aromatic rings. The first-order valence-electron chi connectivity index (χ1n) is 11.3. The number of aromatic amines is 1. The Kier molecular flexibility index (Phi) is 7.30. The van der Waals surface area contributed by atoms with Gasteiger partial charge in [0.05, 0.1) is 7.11 Å². The van der Waals surface area contributed by atoms with Crippen LogP contribution in [0.25, 0.3) is 10.9 Å². The molecule has 0 fully saturated rings. The molecule has 0 aliphatic rings. The Morgan fingerprint density at radius 2 is 1.73 bits per heavy atom. The number of hydrogen-bond donors (Lipinski definition) is 1. The molecule has 5 nitrogen and oxygen atoms in total. The van der Waals surface area contributed by atoms with Crippen molar-refractivity contribution in [1.29, 1.82) is 0 Å². The number of carbonyl (C=O) groups excluding carboxylic acids is 1. The summed E-state index contributed by atoms with van der Waals surface area (Å²) >= 11 is 0. The van der Waals surface area contributed by atoms with E-state index >= 15 is 0 Å². The molecule has 170 valence electrons. The molecule has 4 rings (SSSR count). The number of para-hydroxylation sites is 1. The van der Waals surface area contributed by atoms with Crippen LogP contribution >= 0.6 is 0 Å². The van der Waals surface area contributed by atoms with Gasteiger partial charge in [-0.25, -0.2) is 0 Å². The standard InChI is InChI=1S/C28H30N2O3/c1-3-28(31)30(16-15-23-18-29-25-12-8-7-11-24(23)25)19-22-13-14-26(27(17-22)32-2)33-20-21-9-5-4-6-10-21/h4-14,17-18,29H,3,15-16,19-20H2,1-2H3. The highest BCUT2D eigenvalue weighted by Gasteiger charge is 2.15. The summed E-state index contributed by atoms with van der Waals surface area (Å²) in [5, 5.41) is 1.21. The number of fused-ring (bicyclic) bond motifs is 1. The maximum absolute atomic E-state index is 12.7. The van der Waals surface area contributed by atoms with Crippen LogP contribution in [0.1, 0.15) is 30.0 Å². The summed E-state index contributed by atoms with van der Waals surface area (Å²) in [6, 6.07) is 24.2. The second kappa shape index (κ2) is 10.7. The highest BCUT2D eigenvalue weighted by molar-refractivity contribution is 5.83. The third-order valence-electron chi connectivity index (χ3n) is 5.82. The molecule has 1 heterocycles. The topological polar surface area (TPSA) is 54.6 Å². The number of methoxy groups -OCH3 is 1. The van der Waals surface area contributed by atoms with E-state index in [1.807, 2.05) is 78.7 Å². The lowest BCUT2D eigenvalue weighted by Crippen LogP contribution is -2.31. The van der Waals surface area contributed by atoms with E-state index in [4.69, 9.17) is 9.47 Å². The van der Waals surface area contributed by atoms with Crippen molar-refractivity contribution < 1.29 is 14.3 Å². The van der Waals surface area contributed by atoms with Gasteiger partial charge in [-0.2, -0.15) is 0 Å². The molecule has 0 spiro atoms. The van der Waals surface area contributed by atoms with E-state index < -0.39 is 0 Å². The van der Waals surface area contributed by atoms with Gasteiger partial charge in [-0.15, -0.1) is 0 Å². The molecule has 0 radical (unpaired) electrons. The molecule has 0 aliphatic heterocycles. The molecule has 0 saturated heterocycles. The van der Waals surface area contributed by atoms with Crippen molar-refractivity contribution >= 4 is 16.8 Å². The smallest absolute Gasteiger partial charge is 0.222 e. The van der Waals surface area contributed by atoms with Gasteiger partial charge in [-0.05, 0) is 41.3 Å². The summed E-state index contributed by atoms with van der Waals surface area (Å²) in [5.74, 6) is 1.50. The molecule has 0 aliphatic carbocycles. The van der Waals surface area contributed by atoms with Gasteiger partial charge in [0.15, 0.2) is 11.5 Å². The Hall–Kier alpha value is -3.73. The molecule has 0 atom stereocenters. The molecule has 33 heavy (non-hydrogen) atoms. The van der Waals surface area contributed by atoms with E-state index in [2.05, 4.69) is 17.1 Å². The van der Waals surface area contributed by atoms with Gasteiger partial charge >= 0.3 is 0 Å².